The number of carbonyl (C=O) groups is 2. The van der Waals surface area contributed by atoms with Gasteiger partial charge in [-0.15, -0.1) is 0 Å². The number of hydrogen-bond donors (Lipinski definition) is 3. The average molecular weight is 549 g/mol. The Hall–Kier alpha value is -2.00. The van der Waals surface area contributed by atoms with Crippen LogP contribution in [0.4, 0.5) is 8.78 Å². The summed E-state index contributed by atoms with van der Waals surface area (Å²) in [5.74, 6) is -3.49. The summed E-state index contributed by atoms with van der Waals surface area (Å²) in [6.45, 7) is 7.83. The molecule has 4 atom stereocenters. The van der Waals surface area contributed by atoms with Crippen LogP contribution >= 0.6 is 23.4 Å². The van der Waals surface area contributed by atoms with Crippen LogP contribution in [0, 0.1) is 17.0 Å². The molecule has 0 bridgehead atoms. The Labute approximate surface area is 224 Å². The van der Waals surface area contributed by atoms with Gasteiger partial charge in [-0.2, -0.15) is 0 Å². The summed E-state index contributed by atoms with van der Waals surface area (Å²) in [5.41, 5.74) is -1.75. The monoisotopic (exact) mass is 548 g/mol. The highest BCUT2D eigenvalue weighted by Gasteiger charge is 2.66. The summed E-state index contributed by atoms with van der Waals surface area (Å²) in [6.07, 6.45) is 1.31. The van der Waals surface area contributed by atoms with E-state index < -0.39 is 46.6 Å². The number of nitrogens with one attached hydrogen (secondary N) is 2. The molecular weight excluding hydrogens is 518 g/mol. The molecule has 2 aromatic carbocycles. The Morgan fingerprint density at radius 2 is 1.95 bits per heavy atom. The van der Waals surface area contributed by atoms with Gasteiger partial charge in [-0.3, -0.25) is 9.59 Å². The molecule has 1 saturated heterocycles. The van der Waals surface area contributed by atoms with E-state index in [0.29, 0.717) is 34.7 Å². The predicted molar refractivity (Wildman–Crippen MR) is 140 cm³/mol. The van der Waals surface area contributed by atoms with E-state index in [1.807, 2.05) is 20.8 Å². The highest BCUT2D eigenvalue weighted by Crippen LogP contribution is 2.60. The molecule has 5 nitrogen and oxygen atoms in total. The number of carbonyl (C=O) groups excluding carboxylic acids is 2. The second-order valence-electron chi connectivity index (χ2n) is 12.1. The normalized spacial score (nSPS) is 32.9. The minimum Gasteiger partial charge on any atom is -0.390 e. The highest BCUT2D eigenvalue weighted by atomic mass is 35.5. The van der Waals surface area contributed by atoms with Crippen molar-refractivity contribution in [2.75, 3.05) is 0 Å². The lowest BCUT2D eigenvalue weighted by Gasteiger charge is -2.42. The Morgan fingerprint density at radius 1 is 1.24 bits per heavy atom. The topological polar surface area (TPSA) is 78.4 Å². The van der Waals surface area contributed by atoms with Gasteiger partial charge in [0.05, 0.1) is 17.1 Å². The van der Waals surface area contributed by atoms with Crippen molar-refractivity contribution in [3.05, 3.63) is 64.2 Å². The van der Waals surface area contributed by atoms with E-state index in [2.05, 4.69) is 10.6 Å². The minimum absolute atomic E-state index is 0.0126. The Balaban J connectivity index is 1.69. The molecule has 0 radical (unpaired) electrons. The first-order chi connectivity index (χ1) is 17.2. The maximum atomic E-state index is 15.5. The molecule has 2 aliphatic heterocycles. The predicted octanol–water partition coefficient (Wildman–Crippen LogP) is 5.08. The molecule has 1 saturated carbocycles. The van der Waals surface area contributed by atoms with Crippen molar-refractivity contribution in [1.82, 2.24) is 10.6 Å². The van der Waals surface area contributed by atoms with Gasteiger partial charge >= 0.3 is 0 Å². The second-order valence-corrected chi connectivity index (χ2v) is 13.5. The van der Waals surface area contributed by atoms with Gasteiger partial charge in [-0.25, -0.2) is 8.78 Å². The summed E-state index contributed by atoms with van der Waals surface area (Å²) in [4.78, 5) is 28.5. The molecule has 2 aromatic rings. The van der Waals surface area contributed by atoms with Crippen molar-refractivity contribution in [3.63, 3.8) is 0 Å². The first-order valence-electron chi connectivity index (χ1n) is 12.5. The van der Waals surface area contributed by atoms with Crippen LogP contribution in [0.3, 0.4) is 0 Å². The Morgan fingerprint density at radius 3 is 2.59 bits per heavy atom. The van der Waals surface area contributed by atoms with Gasteiger partial charge in [0, 0.05) is 27.9 Å². The molecule has 2 heterocycles. The molecule has 5 rings (SSSR count). The third-order valence-electron chi connectivity index (χ3n) is 7.82. The largest absolute Gasteiger partial charge is 0.390 e. The fraction of sp³-hybridized carbons (Fsp3) is 0.500. The molecule has 2 fully saturated rings. The van der Waals surface area contributed by atoms with Crippen molar-refractivity contribution < 1.29 is 23.5 Å². The van der Waals surface area contributed by atoms with E-state index in [1.54, 1.807) is 25.1 Å². The van der Waals surface area contributed by atoms with Crippen LogP contribution in [-0.2, 0) is 15.0 Å². The summed E-state index contributed by atoms with van der Waals surface area (Å²) < 4.78 is 30.1. The fourth-order valence-corrected chi connectivity index (χ4v) is 7.92. The van der Waals surface area contributed by atoms with Gasteiger partial charge in [-0.1, -0.05) is 62.3 Å². The lowest BCUT2D eigenvalue weighted by molar-refractivity contribution is -0.127. The number of amides is 1. The molecule has 198 valence electrons. The quantitative estimate of drug-likeness (QED) is 0.497. The molecule has 0 unspecified atom stereocenters. The highest BCUT2D eigenvalue weighted by molar-refractivity contribution is 8.14. The Bertz CT molecular complexity index is 1270. The van der Waals surface area contributed by atoms with E-state index in [0.717, 1.165) is 17.8 Å². The summed E-state index contributed by atoms with van der Waals surface area (Å²) in [6, 6.07) is 7.33. The zero-order chi connectivity index (χ0) is 26.9. The molecule has 3 aliphatic rings. The van der Waals surface area contributed by atoms with Crippen molar-refractivity contribution >= 4 is 34.4 Å². The SMILES string of the molecule is CC(C)(C)C[C@H]1N[C@@H](C(=O)NC2CC(C)(O)C2)[C@H](c2cccc(F)c2F)[C@@]12C(=O)Sc1cc(Cl)ccc12. The molecule has 0 aromatic heterocycles. The van der Waals surface area contributed by atoms with Crippen LogP contribution in [0.5, 0.6) is 0 Å². The van der Waals surface area contributed by atoms with Crippen molar-refractivity contribution in [3.8, 4) is 0 Å². The smallest absolute Gasteiger partial charge is 0.238 e. The van der Waals surface area contributed by atoms with Crippen molar-refractivity contribution in [2.45, 2.75) is 86.9 Å². The number of benzene rings is 2. The third kappa shape index (κ3) is 4.50. The first kappa shape index (κ1) is 26.6. The van der Waals surface area contributed by atoms with E-state index in [1.165, 1.54) is 12.1 Å². The van der Waals surface area contributed by atoms with Gasteiger partial charge in [0.15, 0.2) is 11.6 Å². The van der Waals surface area contributed by atoms with E-state index in [-0.39, 0.29) is 22.1 Å². The van der Waals surface area contributed by atoms with E-state index >= 15 is 4.39 Å². The first-order valence-corrected chi connectivity index (χ1v) is 13.7. The lowest BCUT2D eigenvalue weighted by atomic mass is 9.62. The molecular formula is C28H31ClF2N2O3S. The van der Waals surface area contributed by atoms with Crippen LogP contribution in [0.2, 0.25) is 5.02 Å². The molecule has 3 N–H and O–H groups in total. The maximum absolute atomic E-state index is 15.5. The number of aliphatic hydroxyl groups is 1. The molecule has 9 heteroatoms. The number of thioether (sulfide) groups is 1. The summed E-state index contributed by atoms with van der Waals surface area (Å²) >= 11 is 7.29. The third-order valence-corrected chi connectivity index (χ3v) is 9.13. The summed E-state index contributed by atoms with van der Waals surface area (Å²) in [5, 5.41) is 16.8. The summed E-state index contributed by atoms with van der Waals surface area (Å²) in [7, 11) is 0. The van der Waals surface area contributed by atoms with Gasteiger partial charge in [-0.05, 0) is 60.9 Å². The van der Waals surface area contributed by atoms with Crippen molar-refractivity contribution in [2.24, 2.45) is 5.41 Å². The van der Waals surface area contributed by atoms with Gasteiger partial charge in [0.2, 0.25) is 11.0 Å². The second kappa shape index (κ2) is 9.04. The molecule has 1 amide bonds. The number of fused-ring (bicyclic) bond motifs is 2. The lowest BCUT2D eigenvalue weighted by Crippen LogP contribution is -2.57. The van der Waals surface area contributed by atoms with E-state index in [4.69, 9.17) is 11.6 Å². The van der Waals surface area contributed by atoms with Crippen LogP contribution in [0.1, 0.15) is 64.0 Å². The van der Waals surface area contributed by atoms with E-state index in [9.17, 15) is 19.1 Å². The zero-order valence-electron chi connectivity index (χ0n) is 21.2. The van der Waals surface area contributed by atoms with Gasteiger partial charge in [0.25, 0.3) is 0 Å². The molecule has 37 heavy (non-hydrogen) atoms. The zero-order valence-corrected chi connectivity index (χ0v) is 22.8. The molecule has 1 spiro atoms. The van der Waals surface area contributed by atoms with Crippen LogP contribution < -0.4 is 10.6 Å². The minimum atomic E-state index is -1.32. The standard InChI is InChI=1S/C28H31ClF2N2O3S/c1-26(2,3)13-20-28(17-9-8-14(29)10-19(17)37-25(28)35)21(16-6-5-7-18(30)22(16)31)23(33-20)24(34)32-15-11-27(4,36)12-15/h5-10,15,20-21,23,33,36H,11-13H2,1-4H3,(H,32,34)/t15?,20-,21+,23-,27?,28+/m1/s1. The average Bonchev–Trinajstić information content (AvgIpc) is 3.23. The number of rotatable bonds is 4. The molecule has 1 aliphatic carbocycles. The number of hydrogen-bond acceptors (Lipinski definition) is 5. The number of halogens is 3. The van der Waals surface area contributed by atoms with Gasteiger partial charge < -0.3 is 15.7 Å². The van der Waals surface area contributed by atoms with Crippen molar-refractivity contribution in [1.29, 1.82) is 0 Å². The van der Waals surface area contributed by atoms with Crippen LogP contribution in [0.25, 0.3) is 0 Å². The Kier molecular flexibility index (Phi) is 6.50. The van der Waals surface area contributed by atoms with Gasteiger partial charge in [0.1, 0.15) is 0 Å². The fourth-order valence-electron chi connectivity index (χ4n) is 6.40. The van der Waals surface area contributed by atoms with Crippen LogP contribution in [-0.4, -0.2) is 39.9 Å². The van der Waals surface area contributed by atoms with Crippen LogP contribution in [0.15, 0.2) is 41.3 Å². The maximum Gasteiger partial charge on any atom is 0.238 e.